The standard InChI is InChI=1S/C20H12F3NO/c21-20(22,23)19(25)13-10-11-18-16(12-13)15-8-4-5-9-17(15)24(18)14-6-2-1-3-7-14/h1-12H. The minimum Gasteiger partial charge on any atom is -0.309 e. The molecule has 0 aliphatic rings. The predicted molar refractivity (Wildman–Crippen MR) is 91.2 cm³/mol. The summed E-state index contributed by atoms with van der Waals surface area (Å²) in [6.45, 7) is 0. The molecular formula is C20H12F3NO. The lowest BCUT2D eigenvalue weighted by Crippen LogP contribution is -2.22. The van der Waals surface area contributed by atoms with Crippen LogP contribution in [0, 0.1) is 0 Å². The second kappa shape index (κ2) is 5.48. The highest BCUT2D eigenvalue weighted by Crippen LogP contribution is 2.33. The molecule has 3 aromatic carbocycles. The lowest BCUT2D eigenvalue weighted by Gasteiger charge is -2.08. The minimum atomic E-state index is -4.88. The molecule has 0 aliphatic heterocycles. The highest BCUT2D eigenvalue weighted by Gasteiger charge is 2.39. The number of hydrogen-bond donors (Lipinski definition) is 0. The molecule has 0 bridgehead atoms. The first-order valence-corrected chi connectivity index (χ1v) is 7.67. The van der Waals surface area contributed by atoms with Gasteiger partial charge in [-0.05, 0) is 36.4 Å². The van der Waals surface area contributed by atoms with Crippen LogP contribution in [-0.2, 0) is 0 Å². The number of carbonyl (C=O) groups is 1. The summed E-state index contributed by atoms with van der Waals surface area (Å²) in [7, 11) is 0. The smallest absolute Gasteiger partial charge is 0.309 e. The number of hydrogen-bond acceptors (Lipinski definition) is 1. The number of rotatable bonds is 2. The summed E-state index contributed by atoms with van der Waals surface area (Å²) in [6, 6.07) is 21.2. The highest BCUT2D eigenvalue weighted by atomic mass is 19.4. The number of para-hydroxylation sites is 2. The summed E-state index contributed by atoms with van der Waals surface area (Å²) in [5, 5.41) is 1.42. The van der Waals surface area contributed by atoms with E-state index in [4.69, 9.17) is 0 Å². The molecule has 0 atom stereocenters. The van der Waals surface area contributed by atoms with Gasteiger partial charge >= 0.3 is 6.18 Å². The third kappa shape index (κ3) is 2.48. The lowest BCUT2D eigenvalue weighted by molar-refractivity contribution is -0.0885. The first-order valence-electron chi connectivity index (χ1n) is 7.67. The lowest BCUT2D eigenvalue weighted by atomic mass is 10.1. The zero-order valence-electron chi connectivity index (χ0n) is 12.9. The fraction of sp³-hybridized carbons (Fsp3) is 0.0500. The molecule has 1 heterocycles. The Balaban J connectivity index is 2.05. The van der Waals surface area contributed by atoms with E-state index in [0.717, 1.165) is 22.1 Å². The fourth-order valence-electron chi connectivity index (χ4n) is 3.13. The van der Waals surface area contributed by atoms with Gasteiger partial charge in [0.1, 0.15) is 0 Å². The molecule has 0 fully saturated rings. The van der Waals surface area contributed by atoms with Crippen molar-refractivity contribution in [1.82, 2.24) is 4.57 Å². The van der Waals surface area contributed by atoms with Gasteiger partial charge in [0, 0.05) is 22.0 Å². The third-order valence-electron chi connectivity index (χ3n) is 4.21. The zero-order valence-corrected chi connectivity index (χ0v) is 12.9. The van der Waals surface area contributed by atoms with Gasteiger partial charge < -0.3 is 4.57 Å². The molecule has 25 heavy (non-hydrogen) atoms. The summed E-state index contributed by atoms with van der Waals surface area (Å²) >= 11 is 0. The van der Waals surface area contributed by atoms with Gasteiger partial charge in [-0.15, -0.1) is 0 Å². The van der Waals surface area contributed by atoms with E-state index in [-0.39, 0.29) is 5.56 Å². The Morgan fingerprint density at radius 1 is 0.760 bits per heavy atom. The van der Waals surface area contributed by atoms with Crippen LogP contribution in [0.1, 0.15) is 10.4 Å². The molecule has 0 spiro atoms. The summed E-state index contributed by atoms with van der Waals surface area (Å²) in [4.78, 5) is 11.6. The van der Waals surface area contributed by atoms with Gasteiger partial charge in [0.2, 0.25) is 0 Å². The van der Waals surface area contributed by atoms with Crippen LogP contribution in [0.25, 0.3) is 27.5 Å². The number of benzene rings is 3. The fourth-order valence-corrected chi connectivity index (χ4v) is 3.13. The third-order valence-corrected chi connectivity index (χ3v) is 4.21. The van der Waals surface area contributed by atoms with E-state index in [2.05, 4.69) is 0 Å². The largest absolute Gasteiger partial charge is 0.454 e. The van der Waals surface area contributed by atoms with Crippen LogP contribution in [0.2, 0.25) is 0 Å². The van der Waals surface area contributed by atoms with Crippen LogP contribution in [0.3, 0.4) is 0 Å². The van der Waals surface area contributed by atoms with Gasteiger partial charge in [-0.3, -0.25) is 4.79 Å². The molecule has 5 heteroatoms. The van der Waals surface area contributed by atoms with E-state index in [1.807, 2.05) is 59.2 Å². The average molecular weight is 339 g/mol. The van der Waals surface area contributed by atoms with E-state index >= 15 is 0 Å². The Labute approximate surface area is 141 Å². The van der Waals surface area contributed by atoms with Crippen molar-refractivity contribution in [1.29, 1.82) is 0 Å². The van der Waals surface area contributed by atoms with Crippen LogP contribution in [0.4, 0.5) is 13.2 Å². The van der Waals surface area contributed by atoms with Gasteiger partial charge in [0.15, 0.2) is 0 Å². The molecule has 1 aromatic heterocycles. The number of nitrogens with zero attached hydrogens (tertiary/aromatic N) is 1. The maximum Gasteiger partial charge on any atom is 0.454 e. The normalized spacial score (nSPS) is 12.0. The number of aromatic nitrogens is 1. The van der Waals surface area contributed by atoms with Crippen LogP contribution in [0.5, 0.6) is 0 Å². The van der Waals surface area contributed by atoms with E-state index in [9.17, 15) is 18.0 Å². The Hall–Kier alpha value is -3.08. The van der Waals surface area contributed by atoms with Gasteiger partial charge in [0.05, 0.1) is 11.0 Å². The number of ketones is 1. The van der Waals surface area contributed by atoms with Crippen LogP contribution in [0.15, 0.2) is 72.8 Å². The number of carbonyl (C=O) groups excluding carboxylic acids is 1. The molecule has 0 saturated carbocycles. The SMILES string of the molecule is O=C(c1ccc2c(c1)c1ccccc1n2-c1ccccc1)C(F)(F)F. The maximum absolute atomic E-state index is 12.8. The first kappa shape index (κ1) is 15.4. The minimum absolute atomic E-state index is 0.351. The van der Waals surface area contributed by atoms with E-state index < -0.39 is 12.0 Å². The van der Waals surface area contributed by atoms with Crippen LogP contribution >= 0.6 is 0 Å². The molecular weight excluding hydrogens is 327 g/mol. The number of fused-ring (bicyclic) bond motifs is 3. The molecule has 0 amide bonds. The highest BCUT2D eigenvalue weighted by molar-refractivity contribution is 6.12. The van der Waals surface area contributed by atoms with Gasteiger partial charge in [0.25, 0.3) is 5.78 Å². The Bertz CT molecular complexity index is 1090. The molecule has 0 radical (unpaired) electrons. The van der Waals surface area contributed by atoms with Crippen molar-refractivity contribution in [3.05, 3.63) is 78.4 Å². The van der Waals surface area contributed by atoms with Crippen molar-refractivity contribution < 1.29 is 18.0 Å². The van der Waals surface area contributed by atoms with Crippen molar-refractivity contribution >= 4 is 27.6 Å². The summed E-state index contributed by atoms with van der Waals surface area (Å²) in [6.07, 6.45) is -4.88. The number of halogens is 3. The van der Waals surface area contributed by atoms with Crippen molar-refractivity contribution in [3.8, 4) is 5.69 Å². The molecule has 124 valence electrons. The monoisotopic (exact) mass is 339 g/mol. The van der Waals surface area contributed by atoms with Crippen molar-refractivity contribution in [2.75, 3.05) is 0 Å². The molecule has 0 unspecified atom stereocenters. The van der Waals surface area contributed by atoms with Crippen LogP contribution < -0.4 is 0 Å². The van der Waals surface area contributed by atoms with Crippen molar-refractivity contribution in [2.45, 2.75) is 6.18 Å². The maximum atomic E-state index is 12.8. The van der Waals surface area contributed by atoms with Crippen molar-refractivity contribution in [2.24, 2.45) is 0 Å². The molecule has 0 N–H and O–H groups in total. The number of Topliss-reactive ketones (excluding diaryl/α,β-unsaturated/α-hetero) is 1. The second-order valence-corrected chi connectivity index (χ2v) is 5.75. The van der Waals surface area contributed by atoms with E-state index in [1.165, 1.54) is 12.1 Å². The van der Waals surface area contributed by atoms with E-state index in [1.54, 1.807) is 6.07 Å². The van der Waals surface area contributed by atoms with Crippen molar-refractivity contribution in [3.63, 3.8) is 0 Å². The second-order valence-electron chi connectivity index (χ2n) is 5.75. The molecule has 0 aliphatic carbocycles. The van der Waals surface area contributed by atoms with Crippen LogP contribution in [-0.4, -0.2) is 16.5 Å². The van der Waals surface area contributed by atoms with Gasteiger partial charge in [-0.2, -0.15) is 13.2 Å². The van der Waals surface area contributed by atoms with Gasteiger partial charge in [-0.25, -0.2) is 0 Å². The summed E-state index contributed by atoms with van der Waals surface area (Å²) < 4.78 is 40.3. The predicted octanol–water partition coefficient (Wildman–Crippen LogP) is 5.53. The Morgan fingerprint density at radius 2 is 1.40 bits per heavy atom. The van der Waals surface area contributed by atoms with E-state index in [0.29, 0.717) is 5.39 Å². The molecule has 4 aromatic rings. The summed E-state index contributed by atoms with van der Waals surface area (Å²) in [5.74, 6) is -1.83. The Morgan fingerprint density at radius 3 is 2.12 bits per heavy atom. The topological polar surface area (TPSA) is 22.0 Å². The molecule has 4 rings (SSSR count). The summed E-state index contributed by atoms with van der Waals surface area (Å²) in [5.41, 5.74) is 2.19. The Kier molecular flexibility index (Phi) is 3.39. The van der Waals surface area contributed by atoms with Gasteiger partial charge in [-0.1, -0.05) is 36.4 Å². The quantitative estimate of drug-likeness (QED) is 0.440. The first-order chi connectivity index (χ1) is 12.0. The molecule has 0 saturated heterocycles. The average Bonchev–Trinajstić information content (AvgIpc) is 2.95. The zero-order chi connectivity index (χ0) is 17.6. The molecule has 2 nitrogen and oxygen atoms in total. The number of alkyl halides is 3.